The van der Waals surface area contributed by atoms with Crippen molar-refractivity contribution in [1.29, 1.82) is 0 Å². The molecular weight excluding hydrogens is 459 g/mol. The molecule has 1 fully saturated rings. The minimum atomic E-state index is -4.86. The molecule has 34 heavy (non-hydrogen) atoms. The van der Waals surface area contributed by atoms with Crippen LogP contribution in [0.1, 0.15) is 17.7 Å². The lowest BCUT2D eigenvalue weighted by Gasteiger charge is -2.10. The molecule has 0 bridgehead atoms. The van der Waals surface area contributed by atoms with Gasteiger partial charge in [0.25, 0.3) is 0 Å². The first kappa shape index (κ1) is 22.0. The molecule has 2 N–H and O–H groups in total. The first-order valence-corrected chi connectivity index (χ1v) is 10.2. The topological polar surface area (TPSA) is 136 Å². The molecule has 0 aliphatic carbocycles. The maximum atomic E-state index is 12.5. The molecule has 1 unspecified atom stereocenters. The fourth-order valence-corrected chi connectivity index (χ4v) is 3.43. The molecule has 1 saturated heterocycles. The molecule has 0 spiro atoms. The van der Waals surface area contributed by atoms with Gasteiger partial charge < -0.3 is 24.4 Å². The second-order valence-electron chi connectivity index (χ2n) is 7.50. The SMILES string of the molecule is Nc1nc(-c2cc(OC(F)(F)F)co2)c2nnn(Cc3ccc(COC4CCOC4)cn3)c2n1. The molecule has 1 aliphatic rings. The van der Waals surface area contributed by atoms with Gasteiger partial charge in [-0.05, 0) is 18.1 Å². The summed E-state index contributed by atoms with van der Waals surface area (Å²) in [6.07, 6.45) is -1.35. The van der Waals surface area contributed by atoms with Crippen molar-refractivity contribution < 1.29 is 31.8 Å². The number of anilines is 1. The van der Waals surface area contributed by atoms with Crippen molar-refractivity contribution in [2.45, 2.75) is 32.0 Å². The Hall–Kier alpha value is -3.78. The minimum Gasteiger partial charge on any atom is -0.459 e. The lowest BCUT2D eigenvalue weighted by atomic mass is 10.2. The number of hydrogen-bond acceptors (Lipinski definition) is 10. The molecule has 4 aromatic heterocycles. The Morgan fingerprint density at radius 1 is 1.24 bits per heavy atom. The van der Waals surface area contributed by atoms with E-state index in [0.29, 0.717) is 25.5 Å². The number of nitrogens with two attached hydrogens (primary N) is 1. The lowest BCUT2D eigenvalue weighted by Crippen LogP contribution is -2.16. The Kier molecular flexibility index (Phi) is 5.75. The van der Waals surface area contributed by atoms with Gasteiger partial charge in [0.15, 0.2) is 22.7 Å². The monoisotopic (exact) mass is 477 g/mol. The largest absolute Gasteiger partial charge is 0.573 e. The number of aromatic nitrogens is 6. The van der Waals surface area contributed by atoms with Gasteiger partial charge in [-0.1, -0.05) is 11.3 Å². The molecule has 0 amide bonds. The van der Waals surface area contributed by atoms with Crippen molar-refractivity contribution >= 4 is 17.1 Å². The summed E-state index contributed by atoms with van der Waals surface area (Å²) >= 11 is 0. The van der Waals surface area contributed by atoms with E-state index in [2.05, 4.69) is 30.0 Å². The second kappa shape index (κ2) is 8.87. The molecular formula is C20H18F3N7O4. The van der Waals surface area contributed by atoms with Crippen molar-refractivity contribution in [3.8, 4) is 17.2 Å². The summed E-state index contributed by atoms with van der Waals surface area (Å²) in [6.45, 7) is 1.98. The van der Waals surface area contributed by atoms with Gasteiger partial charge in [0.05, 0.1) is 31.6 Å². The maximum absolute atomic E-state index is 12.5. The molecule has 178 valence electrons. The van der Waals surface area contributed by atoms with Crippen molar-refractivity contribution in [2.24, 2.45) is 0 Å². The van der Waals surface area contributed by atoms with Crippen LogP contribution >= 0.6 is 0 Å². The summed E-state index contributed by atoms with van der Waals surface area (Å²) < 4.78 is 59.0. The molecule has 0 saturated carbocycles. The molecule has 11 nitrogen and oxygen atoms in total. The maximum Gasteiger partial charge on any atom is 0.573 e. The fraction of sp³-hybridized carbons (Fsp3) is 0.350. The van der Waals surface area contributed by atoms with Crippen LogP contribution in [0.4, 0.5) is 19.1 Å². The highest BCUT2D eigenvalue weighted by Crippen LogP contribution is 2.32. The van der Waals surface area contributed by atoms with E-state index < -0.39 is 12.1 Å². The van der Waals surface area contributed by atoms with Crippen LogP contribution in [-0.4, -0.2) is 55.6 Å². The highest BCUT2D eigenvalue weighted by atomic mass is 19.4. The van der Waals surface area contributed by atoms with Crippen LogP contribution in [0.25, 0.3) is 22.6 Å². The number of furan rings is 1. The van der Waals surface area contributed by atoms with Gasteiger partial charge >= 0.3 is 6.36 Å². The zero-order valence-corrected chi connectivity index (χ0v) is 17.5. The van der Waals surface area contributed by atoms with Crippen molar-refractivity contribution in [3.05, 3.63) is 41.9 Å². The third-order valence-corrected chi connectivity index (χ3v) is 4.99. The number of nitrogens with zero attached hydrogens (tertiary/aromatic N) is 6. The Balaban J connectivity index is 1.34. The third-order valence-electron chi connectivity index (χ3n) is 4.99. The summed E-state index contributed by atoms with van der Waals surface area (Å²) in [5, 5.41) is 8.13. The van der Waals surface area contributed by atoms with Crippen molar-refractivity contribution in [3.63, 3.8) is 0 Å². The van der Waals surface area contributed by atoms with Crippen LogP contribution in [0, 0.1) is 0 Å². The Morgan fingerprint density at radius 2 is 2.12 bits per heavy atom. The Morgan fingerprint density at radius 3 is 2.85 bits per heavy atom. The van der Waals surface area contributed by atoms with Crippen LogP contribution in [0.3, 0.4) is 0 Å². The van der Waals surface area contributed by atoms with Crippen LogP contribution in [-0.2, 0) is 22.6 Å². The van der Waals surface area contributed by atoms with Gasteiger partial charge in [0, 0.05) is 18.9 Å². The summed E-state index contributed by atoms with van der Waals surface area (Å²) in [5.74, 6) is -0.688. The van der Waals surface area contributed by atoms with E-state index in [1.165, 1.54) is 4.68 Å². The second-order valence-corrected chi connectivity index (χ2v) is 7.50. The molecule has 0 aromatic carbocycles. The van der Waals surface area contributed by atoms with Crippen LogP contribution in [0.2, 0.25) is 0 Å². The number of rotatable bonds is 7. The zero-order valence-electron chi connectivity index (χ0n) is 17.5. The van der Waals surface area contributed by atoms with Gasteiger partial charge in [-0.2, -0.15) is 4.98 Å². The van der Waals surface area contributed by atoms with Gasteiger partial charge in [-0.25, -0.2) is 9.67 Å². The number of nitrogen functional groups attached to an aromatic ring is 1. The van der Waals surface area contributed by atoms with Gasteiger partial charge in [-0.15, -0.1) is 18.3 Å². The molecule has 1 atom stereocenters. The fourth-order valence-electron chi connectivity index (χ4n) is 3.43. The van der Waals surface area contributed by atoms with E-state index in [1.807, 2.05) is 12.1 Å². The molecule has 4 aromatic rings. The molecule has 14 heteroatoms. The predicted molar refractivity (Wildman–Crippen MR) is 109 cm³/mol. The van der Waals surface area contributed by atoms with Crippen LogP contribution < -0.4 is 10.5 Å². The van der Waals surface area contributed by atoms with E-state index in [-0.39, 0.29) is 41.2 Å². The number of alkyl halides is 3. The average Bonchev–Trinajstić information content (AvgIpc) is 3.54. The van der Waals surface area contributed by atoms with Crippen LogP contribution in [0.5, 0.6) is 5.75 Å². The van der Waals surface area contributed by atoms with E-state index in [1.54, 1.807) is 6.20 Å². The first-order valence-electron chi connectivity index (χ1n) is 10.2. The van der Waals surface area contributed by atoms with Crippen molar-refractivity contribution in [2.75, 3.05) is 18.9 Å². The molecule has 5 rings (SSSR count). The summed E-state index contributed by atoms with van der Waals surface area (Å²) in [6, 6.07) is 4.76. The Labute approximate surface area is 189 Å². The highest BCUT2D eigenvalue weighted by molar-refractivity contribution is 5.86. The van der Waals surface area contributed by atoms with Gasteiger partial charge in [0.2, 0.25) is 5.95 Å². The average molecular weight is 477 g/mol. The quantitative estimate of drug-likeness (QED) is 0.423. The van der Waals surface area contributed by atoms with Gasteiger partial charge in [-0.3, -0.25) is 4.98 Å². The zero-order chi connectivity index (χ0) is 23.7. The summed E-state index contributed by atoms with van der Waals surface area (Å²) in [5.41, 5.74) is 7.97. The molecule has 0 radical (unpaired) electrons. The predicted octanol–water partition coefficient (Wildman–Crippen LogP) is 2.71. The van der Waals surface area contributed by atoms with E-state index in [0.717, 1.165) is 24.3 Å². The number of pyridine rings is 1. The summed E-state index contributed by atoms with van der Waals surface area (Å²) in [7, 11) is 0. The molecule has 5 heterocycles. The number of fused-ring (bicyclic) bond motifs is 1. The molecule has 1 aliphatic heterocycles. The lowest BCUT2D eigenvalue weighted by molar-refractivity contribution is -0.274. The van der Waals surface area contributed by atoms with E-state index in [9.17, 15) is 13.2 Å². The number of ether oxygens (including phenoxy) is 3. The third kappa shape index (κ3) is 4.92. The normalized spacial score (nSPS) is 16.4. The highest BCUT2D eigenvalue weighted by Gasteiger charge is 2.32. The minimum absolute atomic E-state index is 0.0273. The van der Waals surface area contributed by atoms with E-state index in [4.69, 9.17) is 19.6 Å². The number of halogens is 3. The standard InChI is InChI=1S/C20H18F3N7O4/c21-20(22,23)34-14-5-15(33-10-14)16-17-18(27-19(24)26-16)30(29-28-17)7-12-2-1-11(6-25-12)8-32-13-3-4-31-9-13/h1-2,5-6,10,13H,3-4,7-9H2,(H2,24,26,27). The number of hydrogen-bond donors (Lipinski definition) is 1. The smallest absolute Gasteiger partial charge is 0.459 e. The van der Waals surface area contributed by atoms with Crippen LogP contribution in [0.15, 0.2) is 35.1 Å². The van der Waals surface area contributed by atoms with Gasteiger partial charge in [0.1, 0.15) is 12.0 Å². The van der Waals surface area contributed by atoms with Crippen molar-refractivity contribution in [1.82, 2.24) is 29.9 Å². The first-order chi connectivity index (χ1) is 16.3. The van der Waals surface area contributed by atoms with E-state index >= 15 is 0 Å². The summed E-state index contributed by atoms with van der Waals surface area (Å²) in [4.78, 5) is 12.6. The Bertz CT molecular complexity index is 1280.